The van der Waals surface area contributed by atoms with Gasteiger partial charge in [0.15, 0.2) is 0 Å². The molecule has 1 amide bonds. The molecule has 0 radical (unpaired) electrons. The van der Waals surface area contributed by atoms with Gasteiger partial charge in [-0.1, -0.05) is 18.2 Å². The molecule has 4 rings (SSSR count). The summed E-state index contributed by atoms with van der Waals surface area (Å²) in [5.41, 5.74) is 1.85. The Bertz CT molecular complexity index is 1090. The van der Waals surface area contributed by atoms with E-state index < -0.39 is 12.3 Å². The molecule has 0 atom stereocenters. The molecule has 0 aliphatic carbocycles. The molecule has 7 nitrogen and oxygen atoms in total. The number of fused-ring (bicyclic) bond motifs is 1. The number of hydrogen-bond donors (Lipinski definition) is 2. The minimum absolute atomic E-state index is 0.0667. The van der Waals surface area contributed by atoms with Crippen molar-refractivity contribution >= 4 is 16.9 Å². The third kappa shape index (κ3) is 3.26. The molecule has 9 heteroatoms. The third-order valence-electron chi connectivity index (χ3n) is 4.12. The van der Waals surface area contributed by atoms with E-state index in [1.54, 1.807) is 29.0 Å². The lowest BCUT2D eigenvalue weighted by molar-refractivity contribution is 0.0933. The zero-order chi connectivity index (χ0) is 18.8. The fraction of sp³-hybridized carbons (Fsp3) is 0.111. The summed E-state index contributed by atoms with van der Waals surface area (Å²) in [5, 5.41) is 9.70. The second kappa shape index (κ2) is 6.94. The fourth-order valence-electron chi connectivity index (χ4n) is 2.87. The molecular formula is C18H14F2N6O. The summed E-state index contributed by atoms with van der Waals surface area (Å²) in [5.74, 6) is -0.349. The van der Waals surface area contributed by atoms with Gasteiger partial charge in [0.1, 0.15) is 12.0 Å². The largest absolute Gasteiger partial charge is 0.331 e. The van der Waals surface area contributed by atoms with Crippen LogP contribution in [0.2, 0.25) is 0 Å². The van der Waals surface area contributed by atoms with Gasteiger partial charge in [-0.25, -0.2) is 18.7 Å². The van der Waals surface area contributed by atoms with Crippen LogP contribution in [0.1, 0.15) is 22.6 Å². The van der Waals surface area contributed by atoms with Crippen molar-refractivity contribution in [3.05, 3.63) is 66.4 Å². The molecule has 4 aromatic rings. The SMILES string of the molecule is O=C(NCn1c(-c2cccc(C(F)F)c2)cc2cccnc21)c1ncn[nH]1. The quantitative estimate of drug-likeness (QED) is 0.566. The Labute approximate surface area is 152 Å². The van der Waals surface area contributed by atoms with Gasteiger partial charge in [-0.2, -0.15) is 5.10 Å². The van der Waals surface area contributed by atoms with Gasteiger partial charge in [-0.15, -0.1) is 0 Å². The van der Waals surface area contributed by atoms with Crippen LogP contribution in [0, 0.1) is 0 Å². The predicted octanol–water partition coefficient (Wildman–Crippen LogP) is 3.15. The summed E-state index contributed by atoms with van der Waals surface area (Å²) in [6.45, 7) is 0.0916. The smallest absolute Gasteiger partial charge is 0.289 e. The van der Waals surface area contributed by atoms with Gasteiger partial charge in [0.2, 0.25) is 5.82 Å². The average molecular weight is 368 g/mol. The maximum absolute atomic E-state index is 13.1. The fourth-order valence-corrected chi connectivity index (χ4v) is 2.87. The Morgan fingerprint density at radius 2 is 2.07 bits per heavy atom. The molecule has 0 aliphatic rings. The van der Waals surface area contributed by atoms with Crippen molar-refractivity contribution in [3.8, 4) is 11.3 Å². The Morgan fingerprint density at radius 1 is 1.19 bits per heavy atom. The van der Waals surface area contributed by atoms with Gasteiger partial charge in [0.05, 0.1) is 12.4 Å². The van der Waals surface area contributed by atoms with Crippen LogP contribution in [0.3, 0.4) is 0 Å². The van der Waals surface area contributed by atoms with Crippen molar-refractivity contribution in [2.75, 3.05) is 0 Å². The number of alkyl halides is 2. The number of nitrogens with one attached hydrogen (secondary N) is 2. The molecular weight excluding hydrogens is 354 g/mol. The first-order valence-corrected chi connectivity index (χ1v) is 8.10. The molecule has 0 aliphatic heterocycles. The first-order chi connectivity index (χ1) is 13.1. The molecule has 3 heterocycles. The monoisotopic (exact) mass is 368 g/mol. The van der Waals surface area contributed by atoms with Crippen molar-refractivity contribution in [1.82, 2.24) is 30.0 Å². The molecule has 2 N–H and O–H groups in total. The number of nitrogens with zero attached hydrogens (tertiary/aromatic N) is 4. The normalized spacial score (nSPS) is 11.2. The summed E-state index contributed by atoms with van der Waals surface area (Å²) < 4.78 is 27.9. The first kappa shape index (κ1) is 16.8. The number of halogens is 2. The van der Waals surface area contributed by atoms with E-state index in [1.807, 2.05) is 12.1 Å². The van der Waals surface area contributed by atoms with Crippen LogP contribution < -0.4 is 5.32 Å². The van der Waals surface area contributed by atoms with E-state index in [0.29, 0.717) is 16.9 Å². The number of rotatable bonds is 5. The van der Waals surface area contributed by atoms with Crippen molar-refractivity contribution in [1.29, 1.82) is 0 Å². The highest BCUT2D eigenvalue weighted by atomic mass is 19.3. The number of pyridine rings is 1. The highest BCUT2D eigenvalue weighted by Crippen LogP contribution is 2.29. The van der Waals surface area contributed by atoms with Gasteiger partial charge < -0.3 is 9.88 Å². The standard InChI is InChI=1S/C18H14F2N6O/c19-15(20)12-4-1-3-11(7-12)14-8-13-5-2-6-21-17(13)26(14)10-23-18(27)16-22-9-24-25-16/h1-9,15H,10H2,(H,23,27)(H,22,24,25). The molecule has 0 saturated heterocycles. The minimum atomic E-state index is -2.56. The lowest BCUT2D eigenvalue weighted by Crippen LogP contribution is -2.27. The van der Waals surface area contributed by atoms with Crippen LogP contribution in [0.5, 0.6) is 0 Å². The number of carbonyl (C=O) groups is 1. The van der Waals surface area contributed by atoms with E-state index in [4.69, 9.17) is 0 Å². The second-order valence-corrected chi connectivity index (χ2v) is 5.80. The van der Waals surface area contributed by atoms with E-state index in [0.717, 1.165) is 5.39 Å². The number of aromatic amines is 1. The predicted molar refractivity (Wildman–Crippen MR) is 94.0 cm³/mol. The highest BCUT2D eigenvalue weighted by molar-refractivity contribution is 5.90. The Kier molecular flexibility index (Phi) is 4.33. The van der Waals surface area contributed by atoms with Gasteiger partial charge in [0.25, 0.3) is 12.3 Å². The molecule has 0 fully saturated rings. The van der Waals surface area contributed by atoms with Gasteiger partial charge in [0, 0.05) is 17.1 Å². The van der Waals surface area contributed by atoms with Crippen LogP contribution in [0.15, 0.2) is 55.0 Å². The number of aromatic nitrogens is 5. The summed E-state index contributed by atoms with van der Waals surface area (Å²) in [7, 11) is 0. The topological polar surface area (TPSA) is 88.5 Å². The first-order valence-electron chi connectivity index (χ1n) is 8.10. The molecule has 0 saturated carbocycles. The maximum atomic E-state index is 13.1. The molecule has 3 aromatic heterocycles. The summed E-state index contributed by atoms with van der Waals surface area (Å²) in [6, 6.07) is 11.7. The Balaban J connectivity index is 1.73. The van der Waals surface area contributed by atoms with Crippen molar-refractivity contribution in [2.24, 2.45) is 0 Å². The summed E-state index contributed by atoms with van der Waals surface area (Å²) >= 11 is 0. The zero-order valence-electron chi connectivity index (χ0n) is 13.9. The molecule has 0 unspecified atom stereocenters. The lowest BCUT2D eigenvalue weighted by atomic mass is 10.1. The average Bonchev–Trinajstić information content (AvgIpc) is 3.34. The Morgan fingerprint density at radius 3 is 2.85 bits per heavy atom. The zero-order valence-corrected chi connectivity index (χ0v) is 13.9. The maximum Gasteiger partial charge on any atom is 0.289 e. The minimum Gasteiger partial charge on any atom is -0.331 e. The van der Waals surface area contributed by atoms with Crippen molar-refractivity contribution < 1.29 is 13.6 Å². The number of hydrogen-bond acceptors (Lipinski definition) is 4. The molecule has 1 aromatic carbocycles. The van der Waals surface area contributed by atoms with E-state index in [9.17, 15) is 13.6 Å². The second-order valence-electron chi connectivity index (χ2n) is 5.80. The number of amides is 1. The van der Waals surface area contributed by atoms with Crippen LogP contribution in [-0.4, -0.2) is 30.6 Å². The van der Waals surface area contributed by atoms with Gasteiger partial charge >= 0.3 is 0 Å². The summed E-state index contributed by atoms with van der Waals surface area (Å²) in [6.07, 6.45) is 0.311. The van der Waals surface area contributed by atoms with Gasteiger partial charge in [-0.3, -0.25) is 9.89 Å². The third-order valence-corrected chi connectivity index (χ3v) is 4.12. The number of H-pyrrole nitrogens is 1. The van der Waals surface area contributed by atoms with E-state index in [2.05, 4.69) is 25.5 Å². The highest BCUT2D eigenvalue weighted by Gasteiger charge is 2.15. The molecule has 27 heavy (non-hydrogen) atoms. The van der Waals surface area contributed by atoms with E-state index >= 15 is 0 Å². The van der Waals surface area contributed by atoms with Crippen LogP contribution in [-0.2, 0) is 6.67 Å². The number of carbonyl (C=O) groups excluding carboxylic acids is 1. The molecule has 0 bridgehead atoms. The Hall–Kier alpha value is -3.62. The lowest BCUT2D eigenvalue weighted by Gasteiger charge is -2.12. The molecule has 0 spiro atoms. The van der Waals surface area contributed by atoms with Gasteiger partial charge in [-0.05, 0) is 29.8 Å². The summed E-state index contributed by atoms with van der Waals surface area (Å²) in [4.78, 5) is 20.3. The van der Waals surface area contributed by atoms with Crippen LogP contribution >= 0.6 is 0 Å². The van der Waals surface area contributed by atoms with Crippen molar-refractivity contribution in [3.63, 3.8) is 0 Å². The van der Waals surface area contributed by atoms with Crippen LogP contribution in [0.25, 0.3) is 22.3 Å². The van der Waals surface area contributed by atoms with Crippen molar-refractivity contribution in [2.45, 2.75) is 13.1 Å². The van der Waals surface area contributed by atoms with E-state index in [-0.39, 0.29) is 18.1 Å². The molecule has 136 valence electrons. The van der Waals surface area contributed by atoms with Crippen LogP contribution in [0.4, 0.5) is 8.78 Å². The van der Waals surface area contributed by atoms with E-state index in [1.165, 1.54) is 18.5 Å². The number of benzene rings is 1.